The maximum Gasteiger partial charge on any atom is 0.228 e. The average Bonchev–Trinajstić information content (AvgIpc) is 2.78. The van der Waals surface area contributed by atoms with Gasteiger partial charge in [-0.2, -0.15) is 0 Å². The Morgan fingerprint density at radius 3 is 2.76 bits per heavy atom. The summed E-state index contributed by atoms with van der Waals surface area (Å²) in [6, 6.07) is 5.12. The molecule has 1 fully saturated rings. The van der Waals surface area contributed by atoms with Crippen LogP contribution in [-0.2, 0) is 14.6 Å². The van der Waals surface area contributed by atoms with Crippen LogP contribution in [0.25, 0.3) is 0 Å². The highest BCUT2D eigenvalue weighted by Gasteiger charge is 2.33. The molecule has 1 aromatic rings. The maximum atomic E-state index is 12.2. The summed E-state index contributed by atoms with van der Waals surface area (Å²) < 4.78 is 22.8. The number of carbonyl (C=O) groups excluding carboxylic acids is 1. The first-order valence-electron chi connectivity index (χ1n) is 6.43. The summed E-state index contributed by atoms with van der Waals surface area (Å²) in [4.78, 5) is 12.2. The lowest BCUT2D eigenvalue weighted by Crippen LogP contribution is -2.26. The second kappa shape index (κ2) is 5.72. The third-order valence-corrected chi connectivity index (χ3v) is 5.27. The van der Waals surface area contributed by atoms with Gasteiger partial charge in [0.1, 0.15) is 0 Å². The van der Waals surface area contributed by atoms with E-state index in [1.165, 1.54) is 0 Å². The molecular formula is C13H17N3O4S. The minimum absolute atomic E-state index is 0.0337. The zero-order valence-electron chi connectivity index (χ0n) is 11.5. The number of anilines is 1. The molecule has 1 aliphatic rings. The van der Waals surface area contributed by atoms with Crippen molar-refractivity contribution >= 4 is 27.3 Å². The minimum atomic E-state index is -3.12. The van der Waals surface area contributed by atoms with E-state index < -0.39 is 15.8 Å². The van der Waals surface area contributed by atoms with Gasteiger partial charge in [-0.3, -0.25) is 4.79 Å². The van der Waals surface area contributed by atoms with E-state index in [1.807, 2.05) is 0 Å². The molecule has 0 spiro atoms. The molecule has 0 aliphatic carbocycles. The van der Waals surface area contributed by atoms with E-state index in [-0.39, 0.29) is 23.2 Å². The van der Waals surface area contributed by atoms with Crippen LogP contribution in [-0.4, -0.2) is 36.9 Å². The monoisotopic (exact) mass is 311 g/mol. The fraction of sp³-hybridized carbons (Fsp3) is 0.385. The van der Waals surface area contributed by atoms with E-state index in [9.17, 15) is 13.2 Å². The molecule has 21 heavy (non-hydrogen) atoms. The molecule has 1 aliphatic heterocycles. The summed E-state index contributed by atoms with van der Waals surface area (Å²) in [6.45, 7) is 1.77. The lowest BCUT2D eigenvalue weighted by Gasteiger charge is -2.14. The van der Waals surface area contributed by atoms with Gasteiger partial charge in [-0.15, -0.1) is 0 Å². The average molecular weight is 311 g/mol. The zero-order valence-corrected chi connectivity index (χ0v) is 12.4. The van der Waals surface area contributed by atoms with Crippen molar-refractivity contribution in [2.45, 2.75) is 13.3 Å². The summed E-state index contributed by atoms with van der Waals surface area (Å²) in [5.74, 6) is -1.14. The van der Waals surface area contributed by atoms with Crippen molar-refractivity contribution in [3.05, 3.63) is 29.3 Å². The quantitative estimate of drug-likeness (QED) is 0.324. The lowest BCUT2D eigenvalue weighted by molar-refractivity contribution is -0.119. The van der Waals surface area contributed by atoms with Crippen LogP contribution >= 0.6 is 0 Å². The fourth-order valence-corrected chi connectivity index (χ4v) is 4.14. The Bertz CT molecular complexity index is 697. The van der Waals surface area contributed by atoms with E-state index in [4.69, 9.17) is 10.9 Å². The predicted molar refractivity (Wildman–Crippen MR) is 79.1 cm³/mol. The minimum Gasteiger partial charge on any atom is -0.409 e. The van der Waals surface area contributed by atoms with Gasteiger partial charge in [-0.1, -0.05) is 17.3 Å². The van der Waals surface area contributed by atoms with Gasteiger partial charge in [-0.25, -0.2) is 8.42 Å². The van der Waals surface area contributed by atoms with Gasteiger partial charge in [0, 0.05) is 5.56 Å². The molecule has 1 heterocycles. The number of carbonyl (C=O) groups is 1. The number of amidine groups is 1. The van der Waals surface area contributed by atoms with Crippen molar-refractivity contribution in [2.75, 3.05) is 16.8 Å². The van der Waals surface area contributed by atoms with Crippen LogP contribution in [0.15, 0.2) is 23.4 Å². The number of hydrogen-bond acceptors (Lipinski definition) is 5. The number of amides is 1. The van der Waals surface area contributed by atoms with E-state index >= 15 is 0 Å². The van der Waals surface area contributed by atoms with Crippen molar-refractivity contribution in [1.82, 2.24) is 0 Å². The van der Waals surface area contributed by atoms with Gasteiger partial charge in [0.25, 0.3) is 0 Å². The standard InChI is InChI=1S/C13H17N3O4S/c1-8-3-2-4-10(11(8)12(14)16-18)15-13(17)9-5-6-21(19,20)7-9/h2-4,9,18H,5-7H2,1H3,(H2,14,16)(H,15,17). The molecule has 1 saturated heterocycles. The molecule has 1 aromatic carbocycles. The van der Waals surface area contributed by atoms with Gasteiger partial charge >= 0.3 is 0 Å². The number of sulfone groups is 1. The first-order chi connectivity index (χ1) is 9.84. The Balaban J connectivity index is 2.24. The number of hydrogen-bond donors (Lipinski definition) is 3. The molecule has 7 nitrogen and oxygen atoms in total. The van der Waals surface area contributed by atoms with Crippen LogP contribution in [0.3, 0.4) is 0 Å². The Labute approximate surface area is 122 Å². The molecule has 1 atom stereocenters. The van der Waals surface area contributed by atoms with Crippen molar-refractivity contribution in [3.63, 3.8) is 0 Å². The molecule has 0 radical (unpaired) electrons. The number of oxime groups is 1. The van der Waals surface area contributed by atoms with Crippen molar-refractivity contribution in [1.29, 1.82) is 0 Å². The number of rotatable bonds is 3. The van der Waals surface area contributed by atoms with Crippen molar-refractivity contribution < 1.29 is 18.4 Å². The van der Waals surface area contributed by atoms with Crippen LogP contribution in [0.2, 0.25) is 0 Å². The third kappa shape index (κ3) is 3.33. The van der Waals surface area contributed by atoms with Crippen LogP contribution < -0.4 is 11.1 Å². The van der Waals surface area contributed by atoms with E-state index in [2.05, 4.69) is 10.5 Å². The molecule has 2 rings (SSSR count). The van der Waals surface area contributed by atoms with Gasteiger partial charge in [0.2, 0.25) is 5.91 Å². The summed E-state index contributed by atoms with van der Waals surface area (Å²) >= 11 is 0. The Hall–Kier alpha value is -2.09. The molecular weight excluding hydrogens is 294 g/mol. The normalized spacial score (nSPS) is 21.2. The zero-order chi connectivity index (χ0) is 15.6. The smallest absolute Gasteiger partial charge is 0.228 e. The first kappa shape index (κ1) is 15.3. The SMILES string of the molecule is Cc1cccc(NC(=O)C2CCS(=O)(=O)C2)c1/C(N)=N/O. The molecule has 0 bridgehead atoms. The number of nitrogens with zero attached hydrogens (tertiary/aromatic N) is 1. The molecule has 114 valence electrons. The summed E-state index contributed by atoms with van der Waals surface area (Å²) in [5.41, 5.74) is 7.19. The molecule has 1 amide bonds. The fourth-order valence-electron chi connectivity index (χ4n) is 2.40. The number of nitrogens with two attached hydrogens (primary N) is 1. The summed E-state index contributed by atoms with van der Waals surface area (Å²) in [7, 11) is -3.12. The highest BCUT2D eigenvalue weighted by molar-refractivity contribution is 7.91. The van der Waals surface area contributed by atoms with E-state index in [0.29, 0.717) is 17.7 Å². The van der Waals surface area contributed by atoms with Gasteiger partial charge in [-0.05, 0) is 25.0 Å². The molecule has 4 N–H and O–H groups in total. The molecule has 0 aromatic heterocycles. The van der Waals surface area contributed by atoms with E-state index in [0.717, 1.165) is 5.56 Å². The predicted octanol–water partition coefficient (Wildman–Crippen LogP) is 0.463. The van der Waals surface area contributed by atoms with Crippen LogP contribution in [0.1, 0.15) is 17.5 Å². The Morgan fingerprint density at radius 1 is 1.48 bits per heavy atom. The summed E-state index contributed by atoms with van der Waals surface area (Å²) in [6.07, 6.45) is 0.318. The highest BCUT2D eigenvalue weighted by atomic mass is 32.2. The van der Waals surface area contributed by atoms with Crippen LogP contribution in [0.5, 0.6) is 0 Å². The largest absolute Gasteiger partial charge is 0.409 e. The number of nitrogens with one attached hydrogen (secondary N) is 1. The highest BCUT2D eigenvalue weighted by Crippen LogP contribution is 2.23. The Kier molecular flexibility index (Phi) is 4.17. The van der Waals surface area contributed by atoms with Crippen molar-refractivity contribution in [3.8, 4) is 0 Å². The lowest BCUT2D eigenvalue weighted by atomic mass is 10.0. The van der Waals surface area contributed by atoms with Crippen molar-refractivity contribution in [2.24, 2.45) is 16.8 Å². The number of aryl methyl sites for hydroxylation is 1. The second-order valence-corrected chi connectivity index (χ2v) is 7.30. The second-order valence-electron chi connectivity index (χ2n) is 5.07. The molecule has 0 saturated carbocycles. The van der Waals surface area contributed by atoms with Gasteiger partial charge in [0.05, 0.1) is 23.1 Å². The van der Waals surface area contributed by atoms with Gasteiger partial charge in [0.15, 0.2) is 15.7 Å². The number of benzene rings is 1. The third-order valence-electron chi connectivity index (χ3n) is 3.50. The van der Waals surface area contributed by atoms with Gasteiger partial charge < -0.3 is 16.3 Å². The molecule has 8 heteroatoms. The van der Waals surface area contributed by atoms with E-state index in [1.54, 1.807) is 25.1 Å². The molecule has 1 unspecified atom stereocenters. The maximum absolute atomic E-state index is 12.2. The topological polar surface area (TPSA) is 122 Å². The van der Waals surface area contributed by atoms with Crippen LogP contribution in [0.4, 0.5) is 5.69 Å². The van der Waals surface area contributed by atoms with Crippen LogP contribution in [0, 0.1) is 12.8 Å². The Morgan fingerprint density at radius 2 is 2.19 bits per heavy atom. The first-order valence-corrected chi connectivity index (χ1v) is 8.25. The summed E-state index contributed by atoms with van der Waals surface area (Å²) in [5, 5.41) is 14.4.